The van der Waals surface area contributed by atoms with Gasteiger partial charge in [0.15, 0.2) is 0 Å². The molecule has 0 aliphatic heterocycles. The van der Waals surface area contributed by atoms with Gasteiger partial charge in [-0.1, -0.05) is 6.92 Å². The monoisotopic (exact) mass is 218 g/mol. The van der Waals surface area contributed by atoms with Crippen LogP contribution in [-0.4, -0.2) is 55.4 Å². The summed E-state index contributed by atoms with van der Waals surface area (Å²) in [5.41, 5.74) is 0. The van der Waals surface area contributed by atoms with Gasteiger partial charge < -0.3 is 20.1 Å². The number of carbonyl (C=O) groups is 2. The zero-order chi connectivity index (χ0) is 11.7. The molecule has 2 N–H and O–H groups in total. The second-order valence-electron chi connectivity index (χ2n) is 3.04. The van der Waals surface area contributed by atoms with E-state index in [1.54, 1.807) is 0 Å². The summed E-state index contributed by atoms with van der Waals surface area (Å²) in [7, 11) is 1.53. The molecule has 0 spiro atoms. The molecule has 0 bridgehead atoms. The standard InChI is InChI=1S/C9H18N2O4/c1-3-5-11(7-8(12)13)9(14)10-4-6-15-2/h3-7H2,1-2H3,(H,10,14)(H,12,13). The molecule has 6 heteroatoms. The molecule has 6 nitrogen and oxygen atoms in total. The minimum atomic E-state index is -1.01. The number of methoxy groups -OCH3 is 1. The maximum absolute atomic E-state index is 11.4. The molecule has 0 aromatic heterocycles. The lowest BCUT2D eigenvalue weighted by atomic mass is 10.4. The van der Waals surface area contributed by atoms with Crippen LogP contribution in [-0.2, 0) is 9.53 Å². The van der Waals surface area contributed by atoms with E-state index in [-0.39, 0.29) is 12.6 Å². The van der Waals surface area contributed by atoms with Gasteiger partial charge >= 0.3 is 12.0 Å². The van der Waals surface area contributed by atoms with E-state index in [9.17, 15) is 9.59 Å². The summed E-state index contributed by atoms with van der Waals surface area (Å²) in [5.74, 6) is -1.01. The van der Waals surface area contributed by atoms with Crippen molar-refractivity contribution in [2.24, 2.45) is 0 Å². The van der Waals surface area contributed by atoms with Gasteiger partial charge in [-0.05, 0) is 6.42 Å². The molecule has 0 heterocycles. The number of hydrogen-bond acceptors (Lipinski definition) is 3. The Morgan fingerprint density at radius 1 is 1.47 bits per heavy atom. The molecule has 0 aliphatic rings. The van der Waals surface area contributed by atoms with E-state index in [4.69, 9.17) is 9.84 Å². The predicted octanol–water partition coefficient (Wildman–Crippen LogP) is 0.139. The minimum Gasteiger partial charge on any atom is -0.480 e. The maximum atomic E-state index is 11.4. The van der Waals surface area contributed by atoms with Gasteiger partial charge in [0.1, 0.15) is 6.54 Å². The van der Waals surface area contributed by atoms with E-state index >= 15 is 0 Å². The van der Waals surface area contributed by atoms with Gasteiger partial charge in [0.2, 0.25) is 0 Å². The van der Waals surface area contributed by atoms with E-state index in [2.05, 4.69) is 5.32 Å². The first-order chi connectivity index (χ1) is 7.11. The normalized spacial score (nSPS) is 9.73. The Morgan fingerprint density at radius 2 is 2.13 bits per heavy atom. The van der Waals surface area contributed by atoms with Crippen molar-refractivity contribution in [1.29, 1.82) is 0 Å². The molecule has 0 radical (unpaired) electrons. The van der Waals surface area contributed by atoms with Crippen LogP contribution in [0.5, 0.6) is 0 Å². The van der Waals surface area contributed by atoms with Crippen LogP contribution < -0.4 is 5.32 Å². The Labute approximate surface area is 89.2 Å². The third-order valence-corrected chi connectivity index (χ3v) is 1.69. The molecule has 0 unspecified atom stereocenters. The Morgan fingerprint density at radius 3 is 2.60 bits per heavy atom. The van der Waals surface area contributed by atoms with Crippen molar-refractivity contribution in [3.05, 3.63) is 0 Å². The highest BCUT2D eigenvalue weighted by Gasteiger charge is 2.14. The third kappa shape index (κ3) is 6.73. The van der Waals surface area contributed by atoms with Crippen LogP contribution in [0.1, 0.15) is 13.3 Å². The van der Waals surface area contributed by atoms with Crippen LogP contribution in [0.15, 0.2) is 0 Å². The third-order valence-electron chi connectivity index (χ3n) is 1.69. The summed E-state index contributed by atoms with van der Waals surface area (Å²) >= 11 is 0. The van der Waals surface area contributed by atoms with Crippen LogP contribution >= 0.6 is 0 Å². The summed E-state index contributed by atoms with van der Waals surface area (Å²) < 4.78 is 4.76. The quantitative estimate of drug-likeness (QED) is 0.596. The van der Waals surface area contributed by atoms with Crippen LogP contribution in [0.25, 0.3) is 0 Å². The van der Waals surface area contributed by atoms with Gasteiger partial charge in [-0.15, -0.1) is 0 Å². The summed E-state index contributed by atoms with van der Waals surface area (Å²) in [4.78, 5) is 23.2. The highest BCUT2D eigenvalue weighted by atomic mass is 16.5. The van der Waals surface area contributed by atoms with Crippen molar-refractivity contribution in [3.8, 4) is 0 Å². The van der Waals surface area contributed by atoms with Crippen molar-refractivity contribution in [2.45, 2.75) is 13.3 Å². The number of carbonyl (C=O) groups excluding carboxylic acids is 1. The molecule has 88 valence electrons. The molecule has 0 atom stereocenters. The number of rotatable bonds is 7. The average Bonchev–Trinajstić information content (AvgIpc) is 2.17. The molecule has 0 saturated heterocycles. The highest BCUT2D eigenvalue weighted by molar-refractivity contribution is 5.80. The molecule has 2 amide bonds. The summed E-state index contributed by atoms with van der Waals surface area (Å²) in [6, 6.07) is -0.365. The van der Waals surface area contributed by atoms with E-state index < -0.39 is 5.97 Å². The van der Waals surface area contributed by atoms with E-state index in [0.29, 0.717) is 19.7 Å². The number of hydrogen-bond donors (Lipinski definition) is 2. The summed E-state index contributed by atoms with van der Waals surface area (Å²) in [6.45, 7) is 2.85. The second kappa shape index (κ2) is 8.05. The van der Waals surface area contributed by atoms with Crippen LogP contribution in [0.2, 0.25) is 0 Å². The fourth-order valence-corrected chi connectivity index (χ4v) is 1.06. The number of ether oxygens (including phenoxy) is 1. The zero-order valence-electron chi connectivity index (χ0n) is 9.15. The van der Waals surface area contributed by atoms with Gasteiger partial charge in [-0.25, -0.2) is 4.79 Å². The Hall–Kier alpha value is -1.30. The van der Waals surface area contributed by atoms with Gasteiger partial charge in [0.25, 0.3) is 0 Å². The molecule has 0 aromatic rings. The van der Waals surface area contributed by atoms with Gasteiger partial charge in [0.05, 0.1) is 6.61 Å². The SMILES string of the molecule is CCCN(CC(=O)O)C(=O)NCCOC. The molecular weight excluding hydrogens is 200 g/mol. The van der Waals surface area contributed by atoms with Crippen molar-refractivity contribution in [3.63, 3.8) is 0 Å². The second-order valence-corrected chi connectivity index (χ2v) is 3.04. The van der Waals surface area contributed by atoms with Gasteiger partial charge in [-0.2, -0.15) is 0 Å². The number of amides is 2. The molecule has 0 saturated carbocycles. The van der Waals surface area contributed by atoms with Crippen LogP contribution in [0.4, 0.5) is 4.79 Å². The predicted molar refractivity (Wildman–Crippen MR) is 54.8 cm³/mol. The number of carboxylic acids is 1. The molecule has 15 heavy (non-hydrogen) atoms. The fourth-order valence-electron chi connectivity index (χ4n) is 1.06. The smallest absolute Gasteiger partial charge is 0.323 e. The number of nitrogens with zero attached hydrogens (tertiary/aromatic N) is 1. The fraction of sp³-hybridized carbons (Fsp3) is 0.778. The summed E-state index contributed by atoms with van der Waals surface area (Å²) in [6.07, 6.45) is 0.727. The van der Waals surface area contributed by atoms with Crippen LogP contribution in [0, 0.1) is 0 Å². The Kier molecular flexibility index (Phi) is 7.35. The molecule has 0 aliphatic carbocycles. The first-order valence-corrected chi connectivity index (χ1v) is 4.85. The van der Waals surface area contributed by atoms with E-state index in [1.165, 1.54) is 12.0 Å². The average molecular weight is 218 g/mol. The Bertz CT molecular complexity index is 208. The molecule has 0 fully saturated rings. The van der Waals surface area contributed by atoms with Crippen molar-refractivity contribution < 1.29 is 19.4 Å². The Balaban J connectivity index is 3.98. The zero-order valence-corrected chi connectivity index (χ0v) is 9.15. The lowest BCUT2D eigenvalue weighted by Gasteiger charge is -2.20. The summed E-state index contributed by atoms with van der Waals surface area (Å²) in [5, 5.41) is 11.2. The van der Waals surface area contributed by atoms with Crippen LogP contribution in [0.3, 0.4) is 0 Å². The molecule has 0 aromatic carbocycles. The molecule has 0 rings (SSSR count). The van der Waals surface area contributed by atoms with Crippen molar-refractivity contribution >= 4 is 12.0 Å². The van der Waals surface area contributed by atoms with E-state index in [0.717, 1.165) is 6.42 Å². The number of carboxylic acid groups (broad SMARTS) is 1. The van der Waals surface area contributed by atoms with Gasteiger partial charge in [0, 0.05) is 20.2 Å². The first kappa shape index (κ1) is 13.7. The molecular formula is C9H18N2O4. The van der Waals surface area contributed by atoms with Gasteiger partial charge in [-0.3, -0.25) is 4.79 Å². The first-order valence-electron chi connectivity index (χ1n) is 4.85. The van der Waals surface area contributed by atoms with Crippen molar-refractivity contribution in [2.75, 3.05) is 33.4 Å². The largest absolute Gasteiger partial charge is 0.480 e. The topological polar surface area (TPSA) is 78.9 Å². The lowest BCUT2D eigenvalue weighted by molar-refractivity contribution is -0.137. The van der Waals surface area contributed by atoms with E-state index in [1.807, 2.05) is 6.92 Å². The number of aliphatic carboxylic acids is 1. The maximum Gasteiger partial charge on any atom is 0.323 e. The number of nitrogens with one attached hydrogen (secondary N) is 1. The highest BCUT2D eigenvalue weighted by Crippen LogP contribution is 1.92. The number of urea groups is 1. The minimum absolute atomic E-state index is 0.271. The van der Waals surface area contributed by atoms with Crippen molar-refractivity contribution in [1.82, 2.24) is 10.2 Å². The lowest BCUT2D eigenvalue weighted by Crippen LogP contribution is -2.44.